The van der Waals surface area contributed by atoms with E-state index < -0.39 is 11.4 Å². The van der Waals surface area contributed by atoms with Crippen LogP contribution in [0.4, 0.5) is 0 Å². The van der Waals surface area contributed by atoms with E-state index in [0.717, 1.165) is 0 Å². The van der Waals surface area contributed by atoms with E-state index in [1.165, 1.54) is 13.2 Å². The van der Waals surface area contributed by atoms with Crippen molar-refractivity contribution in [2.45, 2.75) is 25.2 Å². The number of aryl methyl sites for hydroxylation is 1. The highest BCUT2D eigenvalue weighted by molar-refractivity contribution is 5.92. The summed E-state index contributed by atoms with van der Waals surface area (Å²) in [6.07, 6.45) is 0.300. The van der Waals surface area contributed by atoms with Crippen molar-refractivity contribution in [3.05, 3.63) is 23.2 Å². The van der Waals surface area contributed by atoms with E-state index in [2.05, 4.69) is 10.8 Å². The van der Waals surface area contributed by atoms with Gasteiger partial charge >= 0.3 is 5.97 Å². The van der Waals surface area contributed by atoms with Gasteiger partial charge in [0.1, 0.15) is 28.3 Å². The zero-order valence-corrected chi connectivity index (χ0v) is 9.57. The highest BCUT2D eigenvalue weighted by Gasteiger charge is 2.48. The fraction of sp³-hybridized carbons (Fsp3) is 0.417. The van der Waals surface area contributed by atoms with Crippen LogP contribution in [0.25, 0.3) is 0 Å². The van der Waals surface area contributed by atoms with Gasteiger partial charge in [-0.25, -0.2) is 4.79 Å². The molecule has 1 aromatic heterocycles. The molecule has 88 valence electrons. The number of hydrogen-bond acceptors (Lipinski definition) is 5. The number of methoxy groups -OCH3 is 1. The summed E-state index contributed by atoms with van der Waals surface area (Å²) < 4.78 is 10.0. The van der Waals surface area contributed by atoms with Crippen molar-refractivity contribution in [2.24, 2.45) is 0 Å². The van der Waals surface area contributed by atoms with E-state index in [-0.39, 0.29) is 18.6 Å². The molecule has 1 fully saturated rings. The Morgan fingerprint density at radius 3 is 2.71 bits per heavy atom. The van der Waals surface area contributed by atoms with Gasteiger partial charge in [0.15, 0.2) is 0 Å². The van der Waals surface area contributed by atoms with Gasteiger partial charge < -0.3 is 9.15 Å². The van der Waals surface area contributed by atoms with Crippen LogP contribution in [0.5, 0.6) is 0 Å². The fourth-order valence-corrected chi connectivity index (χ4v) is 1.96. The topological polar surface area (TPSA) is 80.3 Å². The fourth-order valence-electron chi connectivity index (χ4n) is 1.96. The minimum atomic E-state index is -0.895. The molecule has 1 aliphatic rings. The number of ketones is 1. The summed E-state index contributed by atoms with van der Waals surface area (Å²) >= 11 is 0. The Labute approximate surface area is 98.0 Å². The largest absolute Gasteiger partial charge is 0.465 e. The molecule has 0 aromatic carbocycles. The van der Waals surface area contributed by atoms with Crippen molar-refractivity contribution < 1.29 is 18.7 Å². The molecule has 2 rings (SSSR count). The number of hydrogen-bond donors (Lipinski definition) is 0. The highest BCUT2D eigenvalue weighted by atomic mass is 16.5. The van der Waals surface area contributed by atoms with Crippen LogP contribution in [0.2, 0.25) is 0 Å². The van der Waals surface area contributed by atoms with Gasteiger partial charge in [0.2, 0.25) is 0 Å². The Morgan fingerprint density at radius 1 is 1.59 bits per heavy atom. The summed E-state index contributed by atoms with van der Waals surface area (Å²) in [7, 11) is 1.28. The van der Waals surface area contributed by atoms with Crippen LogP contribution in [0.1, 0.15) is 34.7 Å². The Kier molecular flexibility index (Phi) is 2.50. The average molecular weight is 233 g/mol. The van der Waals surface area contributed by atoms with E-state index in [9.17, 15) is 9.59 Å². The lowest BCUT2D eigenvalue weighted by molar-refractivity contribution is -0.127. The maximum absolute atomic E-state index is 11.4. The average Bonchev–Trinajstić information content (AvgIpc) is 2.66. The molecule has 1 heterocycles. The van der Waals surface area contributed by atoms with Gasteiger partial charge in [-0.3, -0.25) is 4.79 Å². The van der Waals surface area contributed by atoms with E-state index >= 15 is 0 Å². The third-order valence-electron chi connectivity index (χ3n) is 3.01. The first-order valence-electron chi connectivity index (χ1n) is 5.14. The van der Waals surface area contributed by atoms with E-state index in [4.69, 9.17) is 9.68 Å². The highest BCUT2D eigenvalue weighted by Crippen LogP contribution is 2.42. The molecule has 1 saturated carbocycles. The Morgan fingerprint density at radius 2 is 2.24 bits per heavy atom. The van der Waals surface area contributed by atoms with Gasteiger partial charge in [0.25, 0.3) is 0 Å². The molecule has 17 heavy (non-hydrogen) atoms. The molecule has 0 unspecified atom stereocenters. The number of carbonyl (C=O) groups is 2. The molecule has 5 nitrogen and oxygen atoms in total. The Bertz CT molecular complexity index is 527. The number of esters is 1. The molecule has 5 heteroatoms. The minimum Gasteiger partial charge on any atom is -0.465 e. The molecular formula is C12H11NO4. The predicted octanol–water partition coefficient (Wildman–Crippen LogP) is 1.50. The molecule has 0 amide bonds. The van der Waals surface area contributed by atoms with Crippen molar-refractivity contribution >= 4 is 11.8 Å². The maximum atomic E-state index is 11.4. The number of carbonyl (C=O) groups excluding carboxylic acids is 2. The van der Waals surface area contributed by atoms with Gasteiger partial charge in [-0.15, -0.1) is 0 Å². The summed E-state index contributed by atoms with van der Waals surface area (Å²) in [5, 5.41) is 9.13. The van der Waals surface area contributed by atoms with Gasteiger partial charge in [0, 0.05) is 12.8 Å². The lowest BCUT2D eigenvalue weighted by Crippen LogP contribution is -2.40. The number of furan rings is 1. The molecule has 0 N–H and O–H groups in total. The number of rotatable bonds is 2. The van der Waals surface area contributed by atoms with Crippen molar-refractivity contribution in [1.82, 2.24) is 0 Å². The number of ether oxygens (including phenoxy) is 1. The van der Waals surface area contributed by atoms with Crippen LogP contribution in [0.15, 0.2) is 10.5 Å². The molecule has 0 spiro atoms. The van der Waals surface area contributed by atoms with Crippen LogP contribution >= 0.6 is 0 Å². The predicted molar refractivity (Wildman–Crippen MR) is 56.3 cm³/mol. The molecule has 0 bridgehead atoms. The molecule has 1 aromatic rings. The van der Waals surface area contributed by atoms with Gasteiger partial charge in [0.05, 0.1) is 13.2 Å². The third kappa shape index (κ3) is 1.62. The van der Waals surface area contributed by atoms with Crippen LogP contribution in [-0.4, -0.2) is 18.9 Å². The molecule has 0 radical (unpaired) electrons. The second kappa shape index (κ2) is 3.74. The van der Waals surface area contributed by atoms with Crippen molar-refractivity contribution in [1.29, 1.82) is 5.26 Å². The SMILES string of the molecule is COC(=O)c1cc(C2(C#N)CC(=O)C2)oc1C. The number of nitriles is 1. The summed E-state index contributed by atoms with van der Waals surface area (Å²) in [4.78, 5) is 22.4. The van der Waals surface area contributed by atoms with E-state index in [0.29, 0.717) is 17.1 Å². The van der Waals surface area contributed by atoms with Crippen molar-refractivity contribution in [3.63, 3.8) is 0 Å². The summed E-state index contributed by atoms with van der Waals surface area (Å²) in [6.45, 7) is 1.63. The molecule has 1 aliphatic carbocycles. The van der Waals surface area contributed by atoms with Gasteiger partial charge in [-0.1, -0.05) is 0 Å². The molecule has 0 atom stereocenters. The molecular weight excluding hydrogens is 222 g/mol. The first-order chi connectivity index (χ1) is 8.02. The lowest BCUT2D eigenvalue weighted by atomic mass is 9.67. The first kappa shape index (κ1) is 11.4. The van der Waals surface area contributed by atoms with Gasteiger partial charge in [-0.2, -0.15) is 5.26 Å². The lowest BCUT2D eigenvalue weighted by Gasteiger charge is -2.31. The van der Waals surface area contributed by atoms with E-state index in [1.807, 2.05) is 0 Å². The second-order valence-electron chi connectivity index (χ2n) is 4.16. The van der Waals surface area contributed by atoms with Crippen LogP contribution in [-0.2, 0) is 14.9 Å². The second-order valence-corrected chi connectivity index (χ2v) is 4.16. The molecule has 0 saturated heterocycles. The standard InChI is InChI=1S/C12H11NO4/c1-7-9(11(15)16-2)3-10(17-7)12(6-13)4-8(14)5-12/h3H,4-5H2,1-2H3. The zero-order chi connectivity index (χ0) is 12.6. The van der Waals surface area contributed by atoms with Crippen LogP contribution < -0.4 is 0 Å². The Hall–Kier alpha value is -2.09. The smallest absolute Gasteiger partial charge is 0.341 e. The summed E-state index contributed by atoms with van der Waals surface area (Å²) in [5.74, 6) is 0.301. The number of Topliss-reactive ketones (excluding diaryl/α,β-unsaturated/α-hetero) is 1. The third-order valence-corrected chi connectivity index (χ3v) is 3.01. The summed E-state index contributed by atoms with van der Waals surface area (Å²) in [6, 6.07) is 3.59. The minimum absolute atomic E-state index is 0.0280. The monoisotopic (exact) mass is 233 g/mol. The maximum Gasteiger partial charge on any atom is 0.341 e. The Balaban J connectivity index is 2.39. The van der Waals surface area contributed by atoms with Crippen molar-refractivity contribution in [3.8, 4) is 6.07 Å². The van der Waals surface area contributed by atoms with Crippen LogP contribution in [0, 0.1) is 18.3 Å². The quantitative estimate of drug-likeness (QED) is 0.723. The first-order valence-corrected chi connectivity index (χ1v) is 5.14. The van der Waals surface area contributed by atoms with E-state index in [1.54, 1.807) is 6.92 Å². The summed E-state index contributed by atoms with van der Waals surface area (Å²) in [5.41, 5.74) is -0.592. The zero-order valence-electron chi connectivity index (χ0n) is 9.57. The normalized spacial score (nSPS) is 17.1. The van der Waals surface area contributed by atoms with Crippen molar-refractivity contribution in [2.75, 3.05) is 7.11 Å². The number of nitrogens with zero attached hydrogens (tertiary/aromatic N) is 1. The van der Waals surface area contributed by atoms with Gasteiger partial charge in [-0.05, 0) is 13.0 Å². The molecule has 0 aliphatic heterocycles. The van der Waals surface area contributed by atoms with Crippen LogP contribution in [0.3, 0.4) is 0 Å².